The molecule has 0 unspecified atom stereocenters. The Labute approximate surface area is 268 Å². The number of anilines is 1. The lowest BCUT2D eigenvalue weighted by molar-refractivity contribution is 0.00991. The number of aromatic nitrogens is 4. The van der Waals surface area contributed by atoms with Gasteiger partial charge in [-0.15, -0.1) is 5.10 Å². The minimum atomic E-state index is -0.396. The first-order chi connectivity index (χ1) is 21.5. The van der Waals surface area contributed by atoms with Crippen molar-refractivity contribution in [2.24, 2.45) is 5.92 Å². The number of carbonyl (C=O) groups excluding carboxylic acids is 1. The van der Waals surface area contributed by atoms with E-state index in [1.54, 1.807) is 22.1 Å². The van der Waals surface area contributed by atoms with Gasteiger partial charge in [0.05, 0.1) is 64.7 Å². The van der Waals surface area contributed by atoms with Crippen molar-refractivity contribution in [1.29, 1.82) is 0 Å². The molecule has 2 saturated carbocycles. The molecule has 2 aromatic carbocycles. The van der Waals surface area contributed by atoms with Crippen LogP contribution in [0.1, 0.15) is 59.8 Å². The molecule has 10 nitrogen and oxygen atoms in total. The van der Waals surface area contributed by atoms with E-state index < -0.39 is 5.97 Å². The molecule has 2 aliphatic heterocycles. The summed E-state index contributed by atoms with van der Waals surface area (Å²) in [6.07, 6.45) is 5.03. The smallest absolute Gasteiger partial charge is 0.338 e. The number of hydrogen-bond acceptors (Lipinski definition) is 10. The van der Waals surface area contributed by atoms with Gasteiger partial charge in [-0.2, -0.15) is 0 Å². The summed E-state index contributed by atoms with van der Waals surface area (Å²) < 4.78 is 26.1. The van der Waals surface area contributed by atoms with E-state index in [2.05, 4.69) is 15.2 Å². The van der Waals surface area contributed by atoms with Gasteiger partial charge in [0.1, 0.15) is 23.1 Å². The van der Waals surface area contributed by atoms with E-state index in [1.165, 1.54) is 7.11 Å². The minimum Gasteiger partial charge on any atom is -0.486 e. The lowest BCUT2D eigenvalue weighted by Gasteiger charge is -2.31. The van der Waals surface area contributed by atoms with E-state index >= 15 is 0 Å². The van der Waals surface area contributed by atoms with Crippen molar-refractivity contribution in [3.05, 3.63) is 57.3 Å². The molecule has 4 atom stereocenters. The lowest BCUT2D eigenvalue weighted by atomic mass is 10.1. The predicted molar refractivity (Wildman–Crippen MR) is 167 cm³/mol. The van der Waals surface area contributed by atoms with Crippen molar-refractivity contribution in [3.8, 4) is 11.4 Å². The van der Waals surface area contributed by atoms with Crippen LogP contribution in [0.5, 0.6) is 5.75 Å². The molecule has 13 heteroatoms. The monoisotopic (exact) mass is 655 g/mol. The first-order valence-electron chi connectivity index (χ1n) is 15.0. The molecule has 0 radical (unpaired) electrons. The van der Waals surface area contributed by atoms with Gasteiger partial charge in [-0.25, -0.2) is 14.5 Å². The average molecular weight is 657 g/mol. The second-order valence-electron chi connectivity index (χ2n) is 12.0. The number of hydrogen-bond donors (Lipinski definition) is 0. The predicted octanol–water partition coefficient (Wildman–Crippen LogP) is 6.20. The number of thiazole rings is 1. The first-order valence-corrected chi connectivity index (χ1v) is 16.6. The number of methoxy groups -OCH3 is 1. The topological polar surface area (TPSA) is 101 Å². The number of benzene rings is 2. The minimum absolute atomic E-state index is 0.0576. The Morgan fingerprint density at radius 3 is 2.70 bits per heavy atom. The van der Waals surface area contributed by atoms with Gasteiger partial charge in [0, 0.05) is 30.8 Å². The van der Waals surface area contributed by atoms with Gasteiger partial charge >= 0.3 is 5.97 Å². The third-order valence-corrected chi connectivity index (χ3v) is 10.8. The molecule has 0 N–H and O–H groups in total. The molecule has 8 rings (SSSR count). The van der Waals surface area contributed by atoms with E-state index in [9.17, 15) is 4.79 Å². The summed E-state index contributed by atoms with van der Waals surface area (Å²) in [7, 11) is 1.39. The Balaban J connectivity index is 1.01. The SMILES string of the molecule is COC(=O)c1cc(O[C@@H]2CCOC2)c2nc(N3C[C@@H]4C[C@H]3C[C@H]4OCc3c(C4CC4)nnn3-c3c(Cl)cccc3Cl)sc2c1. The van der Waals surface area contributed by atoms with Crippen LogP contribution in [0.25, 0.3) is 15.9 Å². The summed E-state index contributed by atoms with van der Waals surface area (Å²) in [6.45, 7) is 2.45. The molecule has 2 aromatic heterocycles. The van der Waals surface area contributed by atoms with Gasteiger partial charge in [-0.05, 0) is 49.9 Å². The van der Waals surface area contributed by atoms with Gasteiger partial charge in [0.15, 0.2) is 5.13 Å². The summed E-state index contributed by atoms with van der Waals surface area (Å²) in [4.78, 5) is 19.9. The normalized spacial score (nSPS) is 24.5. The van der Waals surface area contributed by atoms with Gasteiger partial charge in [-0.3, -0.25) is 0 Å². The molecule has 2 aliphatic carbocycles. The quantitative estimate of drug-likeness (QED) is 0.195. The van der Waals surface area contributed by atoms with E-state index in [-0.39, 0.29) is 12.2 Å². The zero-order valence-electron chi connectivity index (χ0n) is 24.1. The standard InChI is InChI=1S/C31H31Cl2N5O5S/c1-40-30(39)17-10-25(43-20-7-8-41-14-20)28-26(11-17)44-31(34-28)37-13-18-9-19(37)12-24(18)42-15-23-27(16-5-6-16)35-36-38(23)29-21(32)3-2-4-22(29)33/h2-4,10-11,16,18-20,24H,5-9,12-15H2,1H3/t18-,19-,20+,24+/m0/s1. The molecule has 4 aromatic rings. The maximum Gasteiger partial charge on any atom is 0.338 e. The number of rotatable bonds is 9. The second-order valence-corrected chi connectivity index (χ2v) is 13.8. The van der Waals surface area contributed by atoms with Crippen molar-refractivity contribution in [3.63, 3.8) is 0 Å². The first kappa shape index (κ1) is 28.5. The zero-order chi connectivity index (χ0) is 29.9. The Hall–Kier alpha value is -2.96. The summed E-state index contributed by atoms with van der Waals surface area (Å²) in [5, 5.41) is 11.0. The van der Waals surface area contributed by atoms with Crippen LogP contribution in [0.4, 0.5) is 5.13 Å². The van der Waals surface area contributed by atoms with Crippen LogP contribution in [0, 0.1) is 5.92 Å². The number of fused-ring (bicyclic) bond motifs is 3. The van der Waals surface area contributed by atoms with Crippen LogP contribution < -0.4 is 9.64 Å². The van der Waals surface area contributed by atoms with E-state index in [0.29, 0.717) is 64.7 Å². The Bertz CT molecular complexity index is 1720. The highest BCUT2D eigenvalue weighted by Gasteiger charge is 2.46. The van der Waals surface area contributed by atoms with Crippen molar-refractivity contribution < 1.29 is 23.7 Å². The number of ether oxygens (including phenoxy) is 4. The third kappa shape index (κ3) is 5.12. The largest absolute Gasteiger partial charge is 0.486 e. The molecule has 44 heavy (non-hydrogen) atoms. The van der Waals surface area contributed by atoms with Crippen LogP contribution in [-0.4, -0.2) is 71.1 Å². The fraction of sp³-hybridized carbons (Fsp3) is 0.484. The number of piperidine rings is 1. The van der Waals surface area contributed by atoms with Gasteiger partial charge in [-0.1, -0.05) is 45.8 Å². The highest BCUT2D eigenvalue weighted by Crippen LogP contribution is 2.46. The van der Waals surface area contributed by atoms with Crippen LogP contribution in [0.15, 0.2) is 30.3 Å². The maximum atomic E-state index is 12.4. The fourth-order valence-corrected chi connectivity index (χ4v) is 8.41. The summed E-state index contributed by atoms with van der Waals surface area (Å²) in [5.74, 6) is 0.990. The Morgan fingerprint density at radius 2 is 2.00 bits per heavy atom. The molecule has 2 bridgehead atoms. The van der Waals surface area contributed by atoms with E-state index in [0.717, 1.165) is 65.4 Å². The van der Waals surface area contributed by atoms with Crippen LogP contribution in [-0.2, 0) is 20.8 Å². The second kappa shape index (κ2) is 11.4. The Kier molecular flexibility index (Phi) is 7.41. The van der Waals surface area contributed by atoms with Crippen molar-refractivity contribution in [2.45, 2.75) is 62.9 Å². The molecule has 4 heterocycles. The van der Waals surface area contributed by atoms with E-state index in [1.807, 2.05) is 24.3 Å². The van der Waals surface area contributed by atoms with Crippen molar-refractivity contribution in [2.75, 3.05) is 31.8 Å². The average Bonchev–Trinajstić information content (AvgIpc) is 3.51. The molecule has 0 amide bonds. The summed E-state index contributed by atoms with van der Waals surface area (Å²) in [5.41, 5.74) is 3.77. The molecule has 0 spiro atoms. The van der Waals surface area contributed by atoms with E-state index in [4.69, 9.17) is 47.1 Å². The Morgan fingerprint density at radius 1 is 1.16 bits per heavy atom. The van der Waals surface area contributed by atoms with Crippen LogP contribution >= 0.6 is 34.5 Å². The maximum absolute atomic E-state index is 12.4. The molecule has 230 valence electrons. The van der Waals surface area contributed by atoms with Gasteiger partial charge in [0.25, 0.3) is 0 Å². The third-order valence-electron chi connectivity index (χ3n) is 9.11. The molecule has 2 saturated heterocycles. The number of esters is 1. The molecule has 4 fully saturated rings. The number of para-hydroxylation sites is 1. The van der Waals surface area contributed by atoms with Crippen molar-refractivity contribution >= 4 is 55.9 Å². The van der Waals surface area contributed by atoms with Crippen LogP contribution in [0.3, 0.4) is 0 Å². The lowest BCUT2D eigenvalue weighted by Crippen LogP contribution is -2.38. The number of nitrogens with zero attached hydrogens (tertiary/aromatic N) is 5. The zero-order valence-corrected chi connectivity index (χ0v) is 26.4. The summed E-state index contributed by atoms with van der Waals surface area (Å²) >= 11 is 14.7. The van der Waals surface area contributed by atoms with Crippen LogP contribution in [0.2, 0.25) is 10.0 Å². The highest BCUT2D eigenvalue weighted by molar-refractivity contribution is 7.22. The van der Waals surface area contributed by atoms with Crippen molar-refractivity contribution in [1.82, 2.24) is 20.0 Å². The fourth-order valence-electron chi connectivity index (χ4n) is 6.74. The number of halogens is 2. The highest BCUT2D eigenvalue weighted by atomic mass is 35.5. The van der Waals surface area contributed by atoms with Gasteiger partial charge < -0.3 is 23.8 Å². The number of carbonyl (C=O) groups is 1. The molecule has 4 aliphatic rings. The van der Waals surface area contributed by atoms with Gasteiger partial charge in [0.2, 0.25) is 0 Å². The summed E-state index contributed by atoms with van der Waals surface area (Å²) in [6, 6.07) is 9.36. The molecular weight excluding hydrogens is 625 g/mol. The molecular formula is C31H31Cl2N5O5S.